The molecule has 1 aliphatic heterocycles. The molecule has 0 saturated heterocycles. The fraction of sp³-hybridized carbons (Fsp3) is 0.333. The van der Waals surface area contributed by atoms with Crippen molar-refractivity contribution in [1.29, 1.82) is 0 Å². The Morgan fingerprint density at radius 1 is 1.20 bits per heavy atom. The quantitative estimate of drug-likeness (QED) is 0.202. The molecule has 190 valence electrons. The second-order valence-corrected chi connectivity index (χ2v) is 10.0. The molecule has 2 aromatic rings. The van der Waals surface area contributed by atoms with Gasteiger partial charge in [0.25, 0.3) is 11.9 Å². The molecule has 0 aliphatic carbocycles. The Kier molecular flexibility index (Phi) is 7.43. The number of amides is 1. The highest BCUT2D eigenvalue weighted by Gasteiger charge is 2.50. The first-order valence-electron chi connectivity index (χ1n) is 10.1. The van der Waals surface area contributed by atoms with Crippen LogP contribution in [0.15, 0.2) is 36.4 Å². The van der Waals surface area contributed by atoms with Gasteiger partial charge in [-0.3, -0.25) is 21.1 Å². The SMILES string of the molecule is CC(=O)c1ccc2c(c1)[C@H](NC(=O)c1ccc(F)c(Cl)c1)[C@H](OC(N)(N)OP(=O)(O)O)C(C)(C)O2. The van der Waals surface area contributed by atoms with E-state index in [1.807, 2.05) is 0 Å². The fourth-order valence-corrected chi connectivity index (χ4v) is 4.24. The van der Waals surface area contributed by atoms with E-state index in [1.165, 1.54) is 31.2 Å². The first-order chi connectivity index (χ1) is 16.0. The number of benzene rings is 2. The summed E-state index contributed by atoms with van der Waals surface area (Å²) in [5.74, 6) is -1.42. The second-order valence-electron chi connectivity index (χ2n) is 8.44. The molecule has 1 amide bonds. The Balaban J connectivity index is 2.09. The molecule has 2 aromatic carbocycles. The number of fused-ring (bicyclic) bond motifs is 1. The molecular weight excluding hydrogens is 508 g/mol. The minimum atomic E-state index is -5.19. The van der Waals surface area contributed by atoms with Gasteiger partial charge in [-0.1, -0.05) is 11.6 Å². The number of phosphoric acid groups is 1. The highest BCUT2D eigenvalue weighted by atomic mass is 35.5. The van der Waals surface area contributed by atoms with Gasteiger partial charge in [0, 0.05) is 16.7 Å². The van der Waals surface area contributed by atoms with Crippen LogP contribution >= 0.6 is 19.4 Å². The Morgan fingerprint density at radius 2 is 1.83 bits per heavy atom. The molecule has 0 radical (unpaired) electrons. The third kappa shape index (κ3) is 6.43. The summed E-state index contributed by atoms with van der Waals surface area (Å²) in [7, 11) is -5.19. The van der Waals surface area contributed by atoms with Gasteiger partial charge in [0.2, 0.25) is 0 Å². The number of halogens is 2. The van der Waals surface area contributed by atoms with Gasteiger partial charge >= 0.3 is 7.82 Å². The van der Waals surface area contributed by atoms with Crippen molar-refractivity contribution in [3.05, 3.63) is 63.9 Å². The first kappa shape index (κ1) is 27.2. The van der Waals surface area contributed by atoms with Crippen LogP contribution in [-0.4, -0.2) is 39.2 Å². The molecular formula is C21H24ClFN3O8P. The zero-order valence-electron chi connectivity index (χ0n) is 18.8. The van der Waals surface area contributed by atoms with E-state index in [1.54, 1.807) is 13.8 Å². The number of carbonyl (C=O) groups is 2. The van der Waals surface area contributed by atoms with Gasteiger partial charge in [-0.15, -0.1) is 0 Å². The van der Waals surface area contributed by atoms with E-state index in [-0.39, 0.29) is 33.2 Å². The Labute approximate surface area is 204 Å². The summed E-state index contributed by atoms with van der Waals surface area (Å²) in [5.41, 5.74) is 10.6. The number of hydrogen-bond acceptors (Lipinski definition) is 8. The lowest BCUT2D eigenvalue weighted by Gasteiger charge is -2.46. The van der Waals surface area contributed by atoms with Crippen LogP contribution in [0.2, 0.25) is 5.02 Å². The second kappa shape index (κ2) is 9.57. The van der Waals surface area contributed by atoms with Crippen molar-refractivity contribution in [2.45, 2.75) is 44.6 Å². The molecule has 0 fully saturated rings. The molecule has 0 aromatic heterocycles. The molecule has 0 unspecified atom stereocenters. The average molecular weight is 532 g/mol. The van der Waals surface area contributed by atoms with Crippen molar-refractivity contribution in [2.24, 2.45) is 11.5 Å². The third-order valence-corrected chi connectivity index (χ3v) is 5.97. The van der Waals surface area contributed by atoms with Crippen LogP contribution < -0.4 is 21.5 Å². The number of rotatable bonds is 7. The minimum Gasteiger partial charge on any atom is -0.485 e. The van der Waals surface area contributed by atoms with E-state index in [4.69, 9.17) is 42.3 Å². The largest absolute Gasteiger partial charge is 0.485 e. The molecule has 7 N–H and O–H groups in total. The number of nitrogens with one attached hydrogen (secondary N) is 1. The monoisotopic (exact) mass is 531 g/mol. The Bertz CT molecular complexity index is 1220. The molecule has 2 atom stereocenters. The van der Waals surface area contributed by atoms with E-state index < -0.39 is 43.3 Å². The van der Waals surface area contributed by atoms with Crippen molar-refractivity contribution in [3.63, 3.8) is 0 Å². The molecule has 35 heavy (non-hydrogen) atoms. The lowest BCUT2D eigenvalue weighted by molar-refractivity contribution is -0.252. The summed E-state index contributed by atoms with van der Waals surface area (Å²) in [6.07, 6.45) is -1.31. The van der Waals surface area contributed by atoms with Crippen LogP contribution in [0.1, 0.15) is 53.1 Å². The van der Waals surface area contributed by atoms with E-state index in [9.17, 15) is 18.5 Å². The predicted molar refractivity (Wildman–Crippen MR) is 122 cm³/mol. The van der Waals surface area contributed by atoms with Crippen LogP contribution in [0.4, 0.5) is 4.39 Å². The summed E-state index contributed by atoms with van der Waals surface area (Å²) in [4.78, 5) is 43.4. The zero-order valence-corrected chi connectivity index (χ0v) is 20.5. The molecule has 1 aliphatic rings. The number of ether oxygens (including phenoxy) is 2. The minimum absolute atomic E-state index is 0.00180. The molecule has 3 rings (SSSR count). The van der Waals surface area contributed by atoms with Crippen LogP contribution in [0.25, 0.3) is 0 Å². The summed E-state index contributed by atoms with van der Waals surface area (Å²) >= 11 is 5.80. The lowest BCUT2D eigenvalue weighted by atomic mass is 9.85. The van der Waals surface area contributed by atoms with Gasteiger partial charge in [0.1, 0.15) is 23.3 Å². The van der Waals surface area contributed by atoms with Gasteiger partial charge in [-0.2, -0.15) is 0 Å². The lowest BCUT2D eigenvalue weighted by Crippen LogP contribution is -2.63. The van der Waals surface area contributed by atoms with Gasteiger partial charge in [-0.05, 0) is 57.2 Å². The van der Waals surface area contributed by atoms with Crippen LogP contribution in [0.5, 0.6) is 5.75 Å². The highest BCUT2D eigenvalue weighted by molar-refractivity contribution is 7.46. The zero-order chi connectivity index (χ0) is 26.3. The maximum Gasteiger partial charge on any atom is 0.474 e. The summed E-state index contributed by atoms with van der Waals surface area (Å²) in [5, 5.41) is 2.42. The number of carbonyl (C=O) groups excluding carboxylic acids is 2. The van der Waals surface area contributed by atoms with Gasteiger partial charge < -0.3 is 24.6 Å². The normalized spacial score (nSPS) is 19.5. The molecule has 0 bridgehead atoms. The molecule has 14 heteroatoms. The van der Waals surface area contributed by atoms with Crippen LogP contribution in [0.3, 0.4) is 0 Å². The maximum atomic E-state index is 13.6. The smallest absolute Gasteiger partial charge is 0.474 e. The molecule has 1 heterocycles. The van der Waals surface area contributed by atoms with E-state index in [0.29, 0.717) is 0 Å². The van der Waals surface area contributed by atoms with Crippen molar-refractivity contribution < 1.29 is 42.3 Å². The summed E-state index contributed by atoms with van der Waals surface area (Å²) in [6, 6.07) is 3.93. The number of hydrogen-bond donors (Lipinski definition) is 5. The average Bonchev–Trinajstić information content (AvgIpc) is 2.70. The maximum absolute atomic E-state index is 13.6. The topological polar surface area (TPSA) is 183 Å². The highest BCUT2D eigenvalue weighted by Crippen LogP contribution is 2.45. The van der Waals surface area contributed by atoms with Crippen molar-refractivity contribution in [2.75, 3.05) is 0 Å². The molecule has 0 saturated carbocycles. The fourth-order valence-electron chi connectivity index (χ4n) is 3.64. The van der Waals surface area contributed by atoms with Gasteiger partial charge in [0.15, 0.2) is 5.78 Å². The van der Waals surface area contributed by atoms with E-state index in [0.717, 1.165) is 12.1 Å². The summed E-state index contributed by atoms with van der Waals surface area (Å²) in [6.45, 7) is 4.46. The van der Waals surface area contributed by atoms with Crippen molar-refractivity contribution in [3.8, 4) is 5.75 Å². The third-order valence-electron chi connectivity index (χ3n) is 5.15. The Hall–Kier alpha value is -2.41. The number of Topliss-reactive ketones (excluding diaryl/α,β-unsaturated/α-hetero) is 1. The van der Waals surface area contributed by atoms with Crippen molar-refractivity contribution in [1.82, 2.24) is 5.32 Å². The van der Waals surface area contributed by atoms with E-state index >= 15 is 0 Å². The number of phosphoric ester groups is 1. The van der Waals surface area contributed by atoms with Gasteiger partial charge in [0.05, 0.1) is 11.1 Å². The predicted octanol–water partition coefficient (Wildman–Crippen LogP) is 2.35. The van der Waals surface area contributed by atoms with Gasteiger partial charge in [-0.25, -0.2) is 13.5 Å². The number of nitrogens with two attached hydrogens (primary N) is 2. The van der Waals surface area contributed by atoms with Crippen LogP contribution in [-0.2, 0) is 13.8 Å². The summed E-state index contributed by atoms with van der Waals surface area (Å²) < 4.78 is 40.8. The van der Waals surface area contributed by atoms with Crippen molar-refractivity contribution >= 4 is 31.1 Å². The molecule has 0 spiro atoms. The van der Waals surface area contributed by atoms with Crippen LogP contribution in [0, 0.1) is 5.82 Å². The molecule has 11 nitrogen and oxygen atoms in total. The standard InChI is InChI=1S/C21H24ClFN3O8P/c1-10(27)11-5-7-16-13(8-11)17(26-19(28)12-4-6-15(23)14(22)9-12)18(20(2,3)32-16)33-21(24,25)34-35(29,30)31/h4-9,17-18H,24-25H2,1-3H3,(H,26,28)(H2,29,30,31)/t17-,18-/m0/s1. The Morgan fingerprint density at radius 3 is 2.40 bits per heavy atom. The first-order valence-corrected chi connectivity index (χ1v) is 12.0. The number of ketones is 1. The van der Waals surface area contributed by atoms with E-state index in [2.05, 4.69) is 9.84 Å².